The molecule has 0 radical (unpaired) electrons. The fourth-order valence-corrected chi connectivity index (χ4v) is 2.55. The molecule has 1 aliphatic carbocycles. The highest BCUT2D eigenvalue weighted by Gasteiger charge is 2.27. The first kappa shape index (κ1) is 10.6. The third-order valence-electron chi connectivity index (χ3n) is 2.67. The predicted octanol–water partition coefficient (Wildman–Crippen LogP) is 1.88. The lowest BCUT2D eigenvalue weighted by atomic mass is 10.2. The van der Waals surface area contributed by atoms with Gasteiger partial charge >= 0.3 is 0 Å². The van der Waals surface area contributed by atoms with E-state index < -0.39 is 0 Å². The normalized spacial score (nSPS) is 15.1. The molecule has 1 aromatic heterocycles. The number of anilines is 1. The molecule has 1 heterocycles. The summed E-state index contributed by atoms with van der Waals surface area (Å²) < 4.78 is 1.93. The fourth-order valence-electron chi connectivity index (χ4n) is 1.66. The van der Waals surface area contributed by atoms with Crippen LogP contribution in [0.4, 0.5) is 5.69 Å². The average molecular weight is 247 g/mol. The maximum Gasteiger partial charge on any atom is 0.209 e. The summed E-state index contributed by atoms with van der Waals surface area (Å²) in [6.07, 6.45) is 2.38. The Morgan fingerprint density at radius 2 is 2.29 bits per heavy atom. The highest BCUT2D eigenvalue weighted by atomic mass is 32.2. The summed E-state index contributed by atoms with van der Waals surface area (Å²) in [5.41, 5.74) is 7.73. The SMILES string of the molecule is Nc1cccc(CSc2nnnn2C2CC2)c1. The molecule has 1 aliphatic rings. The van der Waals surface area contributed by atoms with Crippen molar-refractivity contribution in [2.45, 2.75) is 29.8 Å². The van der Waals surface area contributed by atoms with Crippen LogP contribution in [-0.4, -0.2) is 20.2 Å². The Balaban J connectivity index is 1.69. The molecular formula is C11H13N5S. The van der Waals surface area contributed by atoms with E-state index in [1.54, 1.807) is 11.8 Å². The summed E-state index contributed by atoms with van der Waals surface area (Å²) in [7, 11) is 0. The summed E-state index contributed by atoms with van der Waals surface area (Å²) in [6.45, 7) is 0. The number of nitrogens with zero attached hydrogens (tertiary/aromatic N) is 4. The number of benzene rings is 1. The number of hydrogen-bond acceptors (Lipinski definition) is 5. The fraction of sp³-hybridized carbons (Fsp3) is 0.364. The van der Waals surface area contributed by atoms with E-state index in [0.29, 0.717) is 6.04 Å². The predicted molar refractivity (Wildman–Crippen MR) is 66.5 cm³/mol. The van der Waals surface area contributed by atoms with Crippen molar-refractivity contribution in [1.82, 2.24) is 20.2 Å². The van der Waals surface area contributed by atoms with E-state index in [4.69, 9.17) is 5.73 Å². The summed E-state index contributed by atoms with van der Waals surface area (Å²) in [6, 6.07) is 8.43. The van der Waals surface area contributed by atoms with Crippen molar-refractivity contribution in [3.63, 3.8) is 0 Å². The molecule has 2 aromatic rings. The third kappa shape index (κ3) is 2.41. The number of nitrogen functional groups attached to an aromatic ring is 1. The summed E-state index contributed by atoms with van der Waals surface area (Å²) >= 11 is 1.66. The van der Waals surface area contributed by atoms with E-state index in [2.05, 4.69) is 21.6 Å². The van der Waals surface area contributed by atoms with Crippen LogP contribution in [0.1, 0.15) is 24.4 Å². The van der Waals surface area contributed by atoms with Gasteiger partial charge in [0.1, 0.15) is 0 Å². The highest BCUT2D eigenvalue weighted by molar-refractivity contribution is 7.98. The van der Waals surface area contributed by atoms with Gasteiger partial charge in [-0.2, -0.15) is 0 Å². The second kappa shape index (κ2) is 4.37. The van der Waals surface area contributed by atoms with Gasteiger partial charge in [-0.15, -0.1) is 5.10 Å². The molecule has 5 nitrogen and oxygen atoms in total. The summed E-state index contributed by atoms with van der Waals surface area (Å²) in [4.78, 5) is 0. The second-order valence-corrected chi connectivity index (χ2v) is 5.11. The Kier molecular flexibility index (Phi) is 2.72. The van der Waals surface area contributed by atoms with Gasteiger partial charge < -0.3 is 5.73 Å². The van der Waals surface area contributed by atoms with Crippen LogP contribution in [0.25, 0.3) is 0 Å². The molecule has 0 atom stereocenters. The minimum absolute atomic E-state index is 0.522. The smallest absolute Gasteiger partial charge is 0.209 e. The molecule has 1 fully saturated rings. The number of aromatic nitrogens is 4. The molecule has 6 heteroatoms. The van der Waals surface area contributed by atoms with Crippen molar-refractivity contribution in [3.05, 3.63) is 29.8 Å². The standard InChI is InChI=1S/C11H13N5S/c12-9-3-1-2-8(6-9)7-17-11-13-14-15-16(11)10-4-5-10/h1-3,6,10H,4-5,7,12H2. The van der Waals surface area contributed by atoms with Crippen LogP contribution in [0.5, 0.6) is 0 Å². The molecule has 0 aliphatic heterocycles. The Morgan fingerprint density at radius 1 is 1.41 bits per heavy atom. The van der Waals surface area contributed by atoms with Crippen molar-refractivity contribution < 1.29 is 0 Å². The van der Waals surface area contributed by atoms with Gasteiger partial charge in [0.15, 0.2) is 0 Å². The highest BCUT2D eigenvalue weighted by Crippen LogP contribution is 2.36. The number of rotatable bonds is 4. The lowest BCUT2D eigenvalue weighted by Crippen LogP contribution is -1.98. The molecule has 17 heavy (non-hydrogen) atoms. The van der Waals surface area contributed by atoms with Crippen LogP contribution >= 0.6 is 11.8 Å². The first-order valence-electron chi connectivity index (χ1n) is 5.58. The molecule has 2 N–H and O–H groups in total. The van der Waals surface area contributed by atoms with Crippen molar-refractivity contribution in [3.8, 4) is 0 Å². The summed E-state index contributed by atoms with van der Waals surface area (Å²) in [5.74, 6) is 0.845. The zero-order chi connectivity index (χ0) is 11.7. The van der Waals surface area contributed by atoms with Gasteiger partial charge in [-0.25, -0.2) is 4.68 Å². The van der Waals surface area contributed by atoms with Crippen molar-refractivity contribution in [2.75, 3.05) is 5.73 Å². The van der Waals surface area contributed by atoms with E-state index in [1.807, 2.05) is 22.9 Å². The molecule has 0 bridgehead atoms. The zero-order valence-electron chi connectivity index (χ0n) is 9.28. The Hall–Kier alpha value is -1.56. The minimum atomic E-state index is 0.522. The maximum atomic E-state index is 5.74. The molecule has 0 amide bonds. The van der Waals surface area contributed by atoms with E-state index in [-0.39, 0.29) is 0 Å². The van der Waals surface area contributed by atoms with Crippen LogP contribution in [0.15, 0.2) is 29.4 Å². The lowest BCUT2D eigenvalue weighted by Gasteiger charge is -2.03. The van der Waals surface area contributed by atoms with E-state index in [9.17, 15) is 0 Å². The van der Waals surface area contributed by atoms with E-state index >= 15 is 0 Å². The quantitative estimate of drug-likeness (QED) is 0.660. The average Bonchev–Trinajstić information content (AvgIpc) is 3.06. The van der Waals surface area contributed by atoms with Crippen molar-refractivity contribution >= 4 is 17.4 Å². The Morgan fingerprint density at radius 3 is 3.06 bits per heavy atom. The lowest BCUT2D eigenvalue weighted by molar-refractivity contribution is 0.565. The first-order valence-corrected chi connectivity index (χ1v) is 6.56. The number of thioether (sulfide) groups is 1. The molecular weight excluding hydrogens is 234 g/mol. The topological polar surface area (TPSA) is 69.6 Å². The van der Waals surface area contributed by atoms with Crippen molar-refractivity contribution in [1.29, 1.82) is 0 Å². The Labute approximate surface area is 103 Å². The largest absolute Gasteiger partial charge is 0.399 e. The van der Waals surface area contributed by atoms with Crippen LogP contribution in [-0.2, 0) is 5.75 Å². The molecule has 88 valence electrons. The monoisotopic (exact) mass is 247 g/mol. The summed E-state index contributed by atoms with van der Waals surface area (Å²) in [5, 5.41) is 12.7. The van der Waals surface area contributed by atoms with E-state index in [1.165, 1.54) is 18.4 Å². The molecule has 3 rings (SSSR count). The van der Waals surface area contributed by atoms with Crippen LogP contribution in [0.3, 0.4) is 0 Å². The van der Waals surface area contributed by atoms with Crippen LogP contribution in [0, 0.1) is 0 Å². The molecule has 0 spiro atoms. The second-order valence-electron chi connectivity index (χ2n) is 4.17. The molecule has 1 aromatic carbocycles. The van der Waals surface area contributed by atoms with Crippen molar-refractivity contribution in [2.24, 2.45) is 0 Å². The molecule has 0 unspecified atom stereocenters. The van der Waals surface area contributed by atoms with Gasteiger partial charge in [0.25, 0.3) is 0 Å². The van der Waals surface area contributed by atoms with E-state index in [0.717, 1.165) is 16.6 Å². The van der Waals surface area contributed by atoms with Gasteiger partial charge in [0.2, 0.25) is 5.16 Å². The first-order chi connectivity index (χ1) is 8.33. The zero-order valence-corrected chi connectivity index (χ0v) is 10.1. The number of nitrogens with two attached hydrogens (primary N) is 1. The van der Waals surface area contributed by atoms with Crippen LogP contribution < -0.4 is 5.73 Å². The molecule has 1 saturated carbocycles. The van der Waals surface area contributed by atoms with Gasteiger partial charge in [0.05, 0.1) is 6.04 Å². The van der Waals surface area contributed by atoms with Gasteiger partial charge in [-0.1, -0.05) is 23.9 Å². The van der Waals surface area contributed by atoms with Gasteiger partial charge in [0, 0.05) is 11.4 Å². The van der Waals surface area contributed by atoms with Gasteiger partial charge in [-0.3, -0.25) is 0 Å². The third-order valence-corrected chi connectivity index (χ3v) is 3.68. The maximum absolute atomic E-state index is 5.74. The number of tetrazole rings is 1. The molecule has 0 saturated heterocycles. The Bertz CT molecular complexity index is 520. The van der Waals surface area contributed by atoms with Crippen LogP contribution in [0.2, 0.25) is 0 Å². The van der Waals surface area contributed by atoms with Gasteiger partial charge in [-0.05, 0) is 41.0 Å². The number of hydrogen-bond donors (Lipinski definition) is 1. The minimum Gasteiger partial charge on any atom is -0.399 e.